The van der Waals surface area contributed by atoms with Gasteiger partial charge in [0.15, 0.2) is 0 Å². The predicted octanol–water partition coefficient (Wildman–Crippen LogP) is 4.85. The lowest BCUT2D eigenvalue weighted by Gasteiger charge is -2.41. The Morgan fingerprint density at radius 2 is 1.41 bits per heavy atom. The summed E-state index contributed by atoms with van der Waals surface area (Å²) in [5.74, 6) is -2.37. The Kier molecular flexibility index (Phi) is 9.96. The zero-order valence-electron chi connectivity index (χ0n) is 24.4. The number of piperidine rings is 2. The normalized spacial score (nSPS) is 20.0. The van der Waals surface area contributed by atoms with E-state index in [1.165, 1.54) is 11.9 Å². The highest BCUT2D eigenvalue weighted by Gasteiger charge is 2.41. The molecule has 0 spiro atoms. The fourth-order valence-corrected chi connectivity index (χ4v) is 6.08. The molecule has 2 aromatic rings. The number of hydrogen-bond donors (Lipinski definition) is 1. The standard InChI is InChI=1S/C31H35F6N3O4/c1-19-3-5-21(6-4-19)26-17-40(28(43)22-7-10-39(11-8-22)27(42)18-41)12-9-25(26)29(44)38(2)16-20-13-23(30(32,33)34)15-24(14-20)31(35,36)37/h3-6,13-15,22,25-26,41H,7-12,16-18H2,1-2H3. The second kappa shape index (κ2) is 13.2. The van der Waals surface area contributed by atoms with Crippen molar-refractivity contribution >= 4 is 17.7 Å². The van der Waals surface area contributed by atoms with Gasteiger partial charge in [-0.1, -0.05) is 29.8 Å². The zero-order valence-corrected chi connectivity index (χ0v) is 24.4. The maximum atomic E-state index is 13.7. The van der Waals surface area contributed by atoms with Crippen molar-refractivity contribution < 1.29 is 45.8 Å². The van der Waals surface area contributed by atoms with E-state index >= 15 is 0 Å². The molecule has 0 bridgehead atoms. The monoisotopic (exact) mass is 627 g/mol. The van der Waals surface area contributed by atoms with E-state index < -0.39 is 60.3 Å². The molecule has 3 amide bonds. The van der Waals surface area contributed by atoms with Crippen molar-refractivity contribution in [2.75, 3.05) is 39.8 Å². The molecule has 4 rings (SSSR count). The third-order valence-electron chi connectivity index (χ3n) is 8.52. The topological polar surface area (TPSA) is 81.2 Å². The number of aliphatic hydroxyl groups excluding tert-OH is 1. The van der Waals surface area contributed by atoms with E-state index in [1.807, 2.05) is 31.2 Å². The fraction of sp³-hybridized carbons (Fsp3) is 0.516. The molecule has 44 heavy (non-hydrogen) atoms. The maximum absolute atomic E-state index is 13.7. The first kappa shape index (κ1) is 33.3. The minimum atomic E-state index is -5.00. The molecule has 240 valence electrons. The number of nitrogens with zero attached hydrogens (tertiary/aromatic N) is 3. The summed E-state index contributed by atoms with van der Waals surface area (Å²) in [6, 6.07) is 8.76. The van der Waals surface area contributed by atoms with Gasteiger partial charge in [-0.2, -0.15) is 26.3 Å². The summed E-state index contributed by atoms with van der Waals surface area (Å²) in [6.45, 7) is 2.01. The van der Waals surface area contributed by atoms with Gasteiger partial charge in [-0.05, 0) is 55.5 Å². The van der Waals surface area contributed by atoms with Crippen molar-refractivity contribution in [3.05, 3.63) is 70.3 Å². The average molecular weight is 628 g/mol. The molecule has 2 heterocycles. The Bertz CT molecular complexity index is 1320. The van der Waals surface area contributed by atoms with E-state index in [-0.39, 0.29) is 43.0 Å². The van der Waals surface area contributed by atoms with Gasteiger partial charge in [0.25, 0.3) is 0 Å². The number of alkyl halides is 6. The van der Waals surface area contributed by atoms with Crippen molar-refractivity contribution in [3.8, 4) is 0 Å². The molecule has 2 fully saturated rings. The highest BCUT2D eigenvalue weighted by Crippen LogP contribution is 2.38. The van der Waals surface area contributed by atoms with Gasteiger partial charge >= 0.3 is 12.4 Å². The molecular weight excluding hydrogens is 592 g/mol. The molecule has 2 atom stereocenters. The summed E-state index contributed by atoms with van der Waals surface area (Å²) in [7, 11) is 1.35. The molecule has 13 heteroatoms. The average Bonchev–Trinajstić information content (AvgIpc) is 2.99. The predicted molar refractivity (Wildman–Crippen MR) is 148 cm³/mol. The van der Waals surface area contributed by atoms with Crippen LogP contribution >= 0.6 is 0 Å². The smallest absolute Gasteiger partial charge is 0.387 e. The first-order valence-corrected chi connectivity index (χ1v) is 14.4. The van der Waals surface area contributed by atoms with E-state index in [0.717, 1.165) is 16.0 Å². The molecule has 2 saturated heterocycles. The largest absolute Gasteiger partial charge is 0.416 e. The Hall–Kier alpha value is -3.61. The summed E-state index contributed by atoms with van der Waals surface area (Å²) >= 11 is 0. The zero-order chi connectivity index (χ0) is 32.4. The van der Waals surface area contributed by atoms with Crippen LogP contribution in [0.25, 0.3) is 0 Å². The molecule has 2 unspecified atom stereocenters. The van der Waals surface area contributed by atoms with Crippen molar-refractivity contribution in [1.29, 1.82) is 0 Å². The van der Waals surface area contributed by atoms with E-state index in [4.69, 9.17) is 5.11 Å². The molecule has 2 aliphatic heterocycles. The quantitative estimate of drug-likeness (QED) is 0.465. The first-order chi connectivity index (χ1) is 20.6. The van der Waals surface area contributed by atoms with Gasteiger partial charge in [0.1, 0.15) is 6.61 Å². The SMILES string of the molecule is Cc1ccc(C2CN(C(=O)C3CCN(C(=O)CO)CC3)CCC2C(=O)N(C)Cc2cc(C(F)(F)F)cc(C(F)(F)F)c2)cc1. The van der Waals surface area contributed by atoms with Crippen LogP contribution in [-0.2, 0) is 33.3 Å². The van der Waals surface area contributed by atoms with Crippen molar-refractivity contribution in [1.82, 2.24) is 14.7 Å². The summed E-state index contributed by atoms with van der Waals surface area (Å²) in [4.78, 5) is 43.4. The van der Waals surface area contributed by atoms with Crippen LogP contribution in [0.4, 0.5) is 26.3 Å². The number of hydrogen-bond acceptors (Lipinski definition) is 4. The number of aryl methyl sites for hydroxylation is 1. The van der Waals surface area contributed by atoms with Crippen LogP contribution in [-0.4, -0.2) is 77.4 Å². The molecule has 0 aliphatic carbocycles. The molecule has 0 aromatic heterocycles. The number of aliphatic hydroxyl groups is 1. The Morgan fingerprint density at radius 3 is 1.93 bits per heavy atom. The lowest BCUT2D eigenvalue weighted by molar-refractivity contribution is -0.145. The van der Waals surface area contributed by atoms with E-state index in [9.17, 15) is 40.7 Å². The second-order valence-corrected chi connectivity index (χ2v) is 11.6. The minimum absolute atomic E-state index is 0.0554. The third-order valence-corrected chi connectivity index (χ3v) is 8.52. The van der Waals surface area contributed by atoms with Gasteiger partial charge in [-0.3, -0.25) is 14.4 Å². The number of rotatable bonds is 6. The molecule has 2 aromatic carbocycles. The van der Waals surface area contributed by atoms with E-state index in [2.05, 4.69) is 0 Å². The van der Waals surface area contributed by atoms with Gasteiger partial charge in [0.05, 0.1) is 11.1 Å². The van der Waals surface area contributed by atoms with Crippen LogP contribution in [0.1, 0.15) is 53.0 Å². The highest BCUT2D eigenvalue weighted by atomic mass is 19.4. The van der Waals surface area contributed by atoms with Crippen LogP contribution in [0, 0.1) is 18.8 Å². The summed E-state index contributed by atoms with van der Waals surface area (Å²) in [6.07, 6.45) is -8.86. The van der Waals surface area contributed by atoms with Gasteiger partial charge in [-0.25, -0.2) is 0 Å². The molecular formula is C31H35F6N3O4. The fourth-order valence-electron chi connectivity index (χ4n) is 6.08. The highest BCUT2D eigenvalue weighted by molar-refractivity contribution is 5.83. The number of carbonyl (C=O) groups is 3. The number of likely N-dealkylation sites (tertiary alicyclic amines) is 2. The third kappa shape index (κ3) is 7.72. The number of benzene rings is 2. The van der Waals surface area contributed by atoms with Crippen LogP contribution in [0.3, 0.4) is 0 Å². The lowest BCUT2D eigenvalue weighted by Crippen LogP contribution is -2.51. The van der Waals surface area contributed by atoms with Crippen LogP contribution in [0.5, 0.6) is 0 Å². The van der Waals surface area contributed by atoms with Gasteiger partial charge in [-0.15, -0.1) is 0 Å². The van der Waals surface area contributed by atoms with E-state index in [0.29, 0.717) is 38.1 Å². The van der Waals surface area contributed by atoms with Gasteiger partial charge < -0.3 is 19.8 Å². The van der Waals surface area contributed by atoms with Crippen LogP contribution < -0.4 is 0 Å². The number of amides is 3. The Labute approximate surface area is 251 Å². The van der Waals surface area contributed by atoms with Crippen LogP contribution in [0.15, 0.2) is 42.5 Å². The minimum Gasteiger partial charge on any atom is -0.387 e. The Balaban J connectivity index is 1.53. The molecule has 1 N–H and O–H groups in total. The molecule has 2 aliphatic rings. The van der Waals surface area contributed by atoms with E-state index in [1.54, 1.807) is 4.90 Å². The Morgan fingerprint density at radius 1 is 0.864 bits per heavy atom. The van der Waals surface area contributed by atoms with Crippen molar-refractivity contribution in [2.24, 2.45) is 11.8 Å². The molecule has 0 radical (unpaired) electrons. The summed E-state index contributed by atoms with van der Waals surface area (Å²) in [5, 5.41) is 9.11. The van der Waals surface area contributed by atoms with Gasteiger partial charge in [0.2, 0.25) is 17.7 Å². The summed E-state index contributed by atoms with van der Waals surface area (Å²) < 4.78 is 80.3. The number of halogens is 6. The van der Waals surface area contributed by atoms with Gasteiger partial charge in [0, 0.05) is 57.5 Å². The second-order valence-electron chi connectivity index (χ2n) is 11.6. The summed E-state index contributed by atoms with van der Waals surface area (Å²) in [5.41, 5.74) is -1.42. The van der Waals surface area contributed by atoms with Crippen LogP contribution in [0.2, 0.25) is 0 Å². The van der Waals surface area contributed by atoms with Crippen molar-refractivity contribution in [2.45, 2.75) is 51.0 Å². The maximum Gasteiger partial charge on any atom is 0.416 e. The lowest BCUT2D eigenvalue weighted by atomic mass is 9.79. The molecule has 7 nitrogen and oxygen atoms in total. The number of carbonyl (C=O) groups excluding carboxylic acids is 3. The first-order valence-electron chi connectivity index (χ1n) is 14.4. The van der Waals surface area contributed by atoms with Crippen molar-refractivity contribution in [3.63, 3.8) is 0 Å². The molecule has 0 saturated carbocycles.